The molecule has 3 N–H and O–H groups in total. The summed E-state index contributed by atoms with van der Waals surface area (Å²) in [6, 6.07) is 0. The van der Waals surface area contributed by atoms with E-state index in [1.165, 1.54) is 0 Å². The van der Waals surface area contributed by atoms with E-state index in [0.717, 1.165) is 6.42 Å². The Labute approximate surface area is 143 Å². The van der Waals surface area contributed by atoms with Crippen LogP contribution >= 0.6 is 0 Å². The van der Waals surface area contributed by atoms with Gasteiger partial charge < -0.3 is 15.3 Å². The summed E-state index contributed by atoms with van der Waals surface area (Å²) < 4.78 is 0. The van der Waals surface area contributed by atoms with Crippen molar-refractivity contribution in [2.24, 2.45) is 34.5 Å². The summed E-state index contributed by atoms with van der Waals surface area (Å²) in [6.07, 6.45) is 2.01. The van der Waals surface area contributed by atoms with Crippen molar-refractivity contribution in [3.05, 3.63) is 23.3 Å². The van der Waals surface area contributed by atoms with Crippen molar-refractivity contribution < 1.29 is 20.1 Å². The van der Waals surface area contributed by atoms with Crippen LogP contribution in [0.2, 0.25) is 0 Å². The first-order valence-electron chi connectivity index (χ1n) is 9.01. The smallest absolute Gasteiger partial charge is 0.153 e. The number of Topliss-reactive ketones (excluding diaryl/α,β-unsaturated/α-hetero) is 1. The van der Waals surface area contributed by atoms with Crippen LogP contribution in [0, 0.1) is 34.5 Å². The fourth-order valence-electron chi connectivity index (χ4n) is 6.41. The molecular weight excluding hydrogens is 304 g/mol. The molecule has 4 heteroatoms. The summed E-state index contributed by atoms with van der Waals surface area (Å²) in [7, 11) is 0. The van der Waals surface area contributed by atoms with Crippen molar-refractivity contribution >= 4 is 5.78 Å². The van der Waals surface area contributed by atoms with Crippen molar-refractivity contribution in [2.45, 2.75) is 58.8 Å². The van der Waals surface area contributed by atoms with E-state index in [4.69, 9.17) is 0 Å². The summed E-state index contributed by atoms with van der Waals surface area (Å²) in [5.41, 5.74) is -1.80. The quantitative estimate of drug-likeness (QED) is 0.592. The number of hydrogen-bond acceptors (Lipinski definition) is 4. The Balaban J connectivity index is 1.99. The van der Waals surface area contributed by atoms with Gasteiger partial charge in [-0.25, -0.2) is 0 Å². The third-order valence-electron chi connectivity index (χ3n) is 7.88. The van der Waals surface area contributed by atoms with Gasteiger partial charge in [-0.2, -0.15) is 0 Å². The Kier molecular flexibility index (Phi) is 3.03. The van der Waals surface area contributed by atoms with E-state index in [1.807, 2.05) is 13.0 Å². The normalized spacial score (nSPS) is 54.9. The molecule has 0 radical (unpaired) electrons. The van der Waals surface area contributed by atoms with Crippen LogP contribution in [-0.4, -0.2) is 38.9 Å². The summed E-state index contributed by atoms with van der Waals surface area (Å²) >= 11 is 0. The van der Waals surface area contributed by atoms with Gasteiger partial charge in [0.25, 0.3) is 0 Å². The standard InChI is InChI=1S/C20H28O4/c1-9-6-12-14-13(18(14,4)5)7-11(3)19(17(12)23)8-10(2)16(22)20(19,24)15(9)21/h6,8,11-16,21-22,24H,7H2,1-5H3/t11-,12?,13-,14+,15-,16+,19?,20+/m1/s1. The van der Waals surface area contributed by atoms with E-state index in [1.54, 1.807) is 19.9 Å². The predicted molar refractivity (Wildman–Crippen MR) is 89.9 cm³/mol. The highest BCUT2D eigenvalue weighted by Crippen LogP contribution is 2.71. The van der Waals surface area contributed by atoms with E-state index in [-0.39, 0.29) is 29.0 Å². The number of fused-ring (bicyclic) bond motifs is 3. The second kappa shape index (κ2) is 4.40. The topological polar surface area (TPSA) is 77.8 Å². The van der Waals surface area contributed by atoms with Crippen molar-refractivity contribution in [3.8, 4) is 0 Å². The highest BCUT2D eigenvalue weighted by Gasteiger charge is 2.75. The maximum atomic E-state index is 13.7. The minimum atomic E-state index is -1.87. The largest absolute Gasteiger partial charge is 0.386 e. The number of ketones is 1. The van der Waals surface area contributed by atoms with Gasteiger partial charge in [0, 0.05) is 5.92 Å². The Morgan fingerprint density at radius 3 is 2.33 bits per heavy atom. The van der Waals surface area contributed by atoms with E-state index in [9.17, 15) is 20.1 Å². The first-order chi connectivity index (χ1) is 11.0. The molecule has 8 atom stereocenters. The zero-order valence-corrected chi connectivity index (χ0v) is 15.1. The number of rotatable bonds is 0. The molecule has 4 nitrogen and oxygen atoms in total. The maximum absolute atomic E-state index is 13.7. The van der Waals surface area contributed by atoms with Gasteiger partial charge in [-0.1, -0.05) is 32.9 Å². The number of carbonyl (C=O) groups excluding carboxylic acids is 1. The predicted octanol–water partition coefficient (Wildman–Crippen LogP) is 1.84. The second-order valence-corrected chi connectivity index (χ2v) is 9.28. The minimum Gasteiger partial charge on any atom is -0.386 e. The van der Waals surface area contributed by atoms with E-state index in [0.29, 0.717) is 17.1 Å². The fraction of sp³-hybridized carbons (Fsp3) is 0.750. The van der Waals surface area contributed by atoms with Crippen LogP contribution in [0.5, 0.6) is 0 Å². The van der Waals surface area contributed by atoms with Crippen molar-refractivity contribution in [1.29, 1.82) is 0 Å². The Bertz CT molecular complexity index is 690. The van der Waals surface area contributed by atoms with Crippen LogP contribution in [0.1, 0.15) is 41.0 Å². The van der Waals surface area contributed by atoms with Gasteiger partial charge in [-0.05, 0) is 54.6 Å². The molecule has 4 aliphatic carbocycles. The molecule has 0 heterocycles. The van der Waals surface area contributed by atoms with Gasteiger partial charge in [0.2, 0.25) is 0 Å². The molecule has 2 unspecified atom stereocenters. The first kappa shape index (κ1) is 16.5. The molecule has 0 aliphatic heterocycles. The summed E-state index contributed by atoms with van der Waals surface area (Å²) in [4.78, 5) is 13.7. The molecule has 4 rings (SSSR count). The molecule has 132 valence electrons. The molecule has 1 spiro atoms. The SMILES string of the molecule is CC1=CC2C(=O)C3(C=C(C)[C@H](O)[C@@]3(O)[C@@H]1O)[C@H](C)C[C@@H]1[C@H]2C1(C)C. The lowest BCUT2D eigenvalue weighted by molar-refractivity contribution is -0.189. The molecule has 24 heavy (non-hydrogen) atoms. The van der Waals surface area contributed by atoms with E-state index in [2.05, 4.69) is 13.8 Å². The Hall–Kier alpha value is -0.970. The van der Waals surface area contributed by atoms with Crippen LogP contribution in [0.15, 0.2) is 23.3 Å². The Morgan fingerprint density at radius 2 is 1.71 bits per heavy atom. The van der Waals surface area contributed by atoms with Crippen LogP contribution in [0.3, 0.4) is 0 Å². The van der Waals surface area contributed by atoms with Gasteiger partial charge >= 0.3 is 0 Å². The molecule has 2 bridgehead atoms. The van der Waals surface area contributed by atoms with Gasteiger partial charge in [-0.15, -0.1) is 0 Å². The maximum Gasteiger partial charge on any atom is 0.153 e. The highest BCUT2D eigenvalue weighted by molar-refractivity contribution is 5.95. The van der Waals surface area contributed by atoms with Gasteiger partial charge in [-0.3, -0.25) is 4.79 Å². The number of allylic oxidation sites excluding steroid dienone is 1. The van der Waals surface area contributed by atoms with Crippen LogP contribution in [0.25, 0.3) is 0 Å². The molecule has 2 fully saturated rings. The molecule has 0 aromatic carbocycles. The van der Waals surface area contributed by atoms with E-state index >= 15 is 0 Å². The summed E-state index contributed by atoms with van der Waals surface area (Å²) in [5, 5.41) is 33.2. The average molecular weight is 332 g/mol. The number of aliphatic hydroxyl groups is 3. The highest BCUT2D eigenvalue weighted by atomic mass is 16.4. The molecule has 0 amide bonds. The third-order valence-corrected chi connectivity index (χ3v) is 7.88. The van der Waals surface area contributed by atoms with Crippen LogP contribution in [0.4, 0.5) is 0 Å². The van der Waals surface area contributed by atoms with Gasteiger partial charge in [0.1, 0.15) is 17.8 Å². The Morgan fingerprint density at radius 1 is 1.12 bits per heavy atom. The number of carbonyl (C=O) groups is 1. The molecule has 2 saturated carbocycles. The molecular formula is C20H28O4. The molecule has 0 saturated heterocycles. The lowest BCUT2D eigenvalue weighted by Crippen LogP contribution is -2.64. The zero-order chi connectivity index (χ0) is 17.8. The average Bonchev–Trinajstić information content (AvgIpc) is 3.01. The first-order valence-corrected chi connectivity index (χ1v) is 9.01. The van der Waals surface area contributed by atoms with Crippen molar-refractivity contribution in [2.75, 3.05) is 0 Å². The van der Waals surface area contributed by atoms with Gasteiger partial charge in [0.05, 0.1) is 5.41 Å². The number of hydrogen-bond donors (Lipinski definition) is 3. The van der Waals surface area contributed by atoms with Crippen molar-refractivity contribution in [3.63, 3.8) is 0 Å². The lowest BCUT2D eigenvalue weighted by Gasteiger charge is -2.48. The monoisotopic (exact) mass is 332 g/mol. The summed E-state index contributed by atoms with van der Waals surface area (Å²) in [6.45, 7) is 9.91. The van der Waals surface area contributed by atoms with Crippen LogP contribution in [-0.2, 0) is 4.79 Å². The molecule has 0 aromatic heterocycles. The minimum absolute atomic E-state index is 0.0256. The van der Waals surface area contributed by atoms with E-state index < -0.39 is 23.2 Å². The molecule has 4 aliphatic rings. The van der Waals surface area contributed by atoms with Gasteiger partial charge in [0.15, 0.2) is 5.78 Å². The lowest BCUT2D eigenvalue weighted by atomic mass is 9.59. The second-order valence-electron chi connectivity index (χ2n) is 9.28. The number of aliphatic hydroxyl groups excluding tert-OH is 2. The third kappa shape index (κ3) is 1.50. The van der Waals surface area contributed by atoms with Crippen molar-refractivity contribution in [1.82, 2.24) is 0 Å². The molecule has 0 aromatic rings. The fourth-order valence-corrected chi connectivity index (χ4v) is 6.41. The zero-order valence-electron chi connectivity index (χ0n) is 15.1. The summed E-state index contributed by atoms with van der Waals surface area (Å²) in [5.74, 6) is 0.240. The van der Waals surface area contributed by atoms with Crippen LogP contribution < -0.4 is 0 Å².